The highest BCUT2D eigenvalue weighted by molar-refractivity contribution is 7.92. The Labute approximate surface area is 217 Å². The van der Waals surface area contributed by atoms with Gasteiger partial charge in [0.1, 0.15) is 0 Å². The maximum absolute atomic E-state index is 12.9. The zero-order valence-corrected chi connectivity index (χ0v) is 22.0. The lowest BCUT2D eigenvalue weighted by Gasteiger charge is -2.19. The number of hydrogen-bond acceptors (Lipinski definition) is 5. The number of sulfonamides is 1. The zero-order chi connectivity index (χ0) is 25.8. The second-order valence-electron chi connectivity index (χ2n) is 9.44. The third kappa shape index (κ3) is 6.62. The van der Waals surface area contributed by atoms with Crippen LogP contribution in [0.1, 0.15) is 31.9 Å². The molecule has 186 valence electrons. The molecule has 0 bridgehead atoms. The first kappa shape index (κ1) is 25.7. The third-order valence-electron chi connectivity index (χ3n) is 5.64. The highest BCUT2D eigenvalue weighted by Crippen LogP contribution is 2.26. The average Bonchev–Trinajstić information content (AvgIpc) is 2.85. The van der Waals surface area contributed by atoms with Gasteiger partial charge in [-0.3, -0.25) is 4.72 Å². The van der Waals surface area contributed by atoms with Gasteiger partial charge in [-0.25, -0.2) is 8.42 Å². The number of ether oxygens (including phenoxy) is 1. The fraction of sp³-hybridized carbons (Fsp3) is 0.214. The Morgan fingerprint density at radius 1 is 0.889 bits per heavy atom. The van der Waals surface area contributed by atoms with Crippen molar-refractivity contribution in [1.82, 2.24) is 10.2 Å². The molecule has 0 amide bonds. The van der Waals surface area contributed by atoms with Gasteiger partial charge in [0.05, 0.1) is 17.2 Å². The Kier molecular flexibility index (Phi) is 7.62. The maximum Gasteiger partial charge on any atom is 0.261 e. The minimum Gasteiger partial charge on any atom is -0.476 e. The molecular weight excluding hydrogens is 494 g/mol. The Morgan fingerprint density at radius 3 is 2.25 bits per heavy atom. The highest BCUT2D eigenvalue weighted by atomic mass is 35.5. The number of hydrogen-bond donors (Lipinski definition) is 1. The fourth-order valence-electron chi connectivity index (χ4n) is 3.57. The number of aromatic nitrogens is 2. The summed E-state index contributed by atoms with van der Waals surface area (Å²) in [6.07, 6.45) is 0.724. The predicted octanol–water partition coefficient (Wildman–Crippen LogP) is 6.52. The standard InChI is InChI=1S/C28H28ClN3O3S/c1-28(2,3)22-9-13-25(14-10-22)36(33,34)32-24-6-4-5-21(19-24)26-15-16-27(31-30-26)35-18-17-20-7-11-23(29)12-8-20/h4-16,19,32H,17-18H2,1-3H3. The molecular formula is C28H28ClN3O3S. The van der Waals surface area contributed by atoms with E-state index in [0.29, 0.717) is 28.9 Å². The SMILES string of the molecule is CC(C)(C)c1ccc(S(=O)(=O)Nc2cccc(-c3ccc(OCCc4ccc(Cl)cc4)nn3)c2)cc1. The number of anilines is 1. The van der Waals surface area contributed by atoms with Crippen LogP contribution in [0.15, 0.2) is 89.8 Å². The van der Waals surface area contributed by atoms with Crippen molar-refractivity contribution in [2.45, 2.75) is 37.5 Å². The van der Waals surface area contributed by atoms with Gasteiger partial charge in [-0.2, -0.15) is 0 Å². The van der Waals surface area contributed by atoms with Crippen molar-refractivity contribution in [3.05, 3.63) is 101 Å². The molecule has 8 heteroatoms. The fourth-order valence-corrected chi connectivity index (χ4v) is 4.74. The lowest BCUT2D eigenvalue weighted by molar-refractivity contribution is 0.306. The normalized spacial score (nSPS) is 11.8. The second kappa shape index (κ2) is 10.7. The van der Waals surface area contributed by atoms with Crippen molar-refractivity contribution < 1.29 is 13.2 Å². The first-order valence-electron chi connectivity index (χ1n) is 11.5. The minimum atomic E-state index is -3.73. The quantitative estimate of drug-likeness (QED) is 0.285. The molecule has 0 fully saturated rings. The van der Waals surface area contributed by atoms with Gasteiger partial charge in [0.25, 0.3) is 10.0 Å². The molecule has 3 aromatic carbocycles. The number of nitrogens with zero attached hydrogens (tertiary/aromatic N) is 2. The first-order valence-corrected chi connectivity index (χ1v) is 13.4. The summed E-state index contributed by atoms with van der Waals surface area (Å²) >= 11 is 5.91. The monoisotopic (exact) mass is 521 g/mol. The summed E-state index contributed by atoms with van der Waals surface area (Å²) in [6.45, 7) is 6.72. The van der Waals surface area contributed by atoms with Crippen molar-refractivity contribution in [1.29, 1.82) is 0 Å². The molecule has 4 aromatic rings. The molecule has 36 heavy (non-hydrogen) atoms. The molecule has 6 nitrogen and oxygen atoms in total. The molecule has 0 saturated carbocycles. The molecule has 0 unspecified atom stereocenters. The summed E-state index contributed by atoms with van der Waals surface area (Å²) in [5.74, 6) is 0.420. The van der Waals surface area contributed by atoms with E-state index in [4.69, 9.17) is 16.3 Å². The Bertz CT molecular complexity index is 1420. The summed E-state index contributed by atoms with van der Waals surface area (Å²) < 4.78 is 34.2. The largest absolute Gasteiger partial charge is 0.476 e. The van der Waals surface area contributed by atoms with Crippen LogP contribution in [0.25, 0.3) is 11.3 Å². The molecule has 1 heterocycles. The van der Waals surface area contributed by atoms with Crippen molar-refractivity contribution in [3.63, 3.8) is 0 Å². The lowest BCUT2D eigenvalue weighted by atomic mass is 9.87. The molecule has 0 aliphatic heterocycles. The molecule has 0 saturated heterocycles. The maximum atomic E-state index is 12.9. The Hall–Kier alpha value is -3.42. The van der Waals surface area contributed by atoms with E-state index in [1.54, 1.807) is 42.5 Å². The van der Waals surface area contributed by atoms with Crippen LogP contribution in [-0.2, 0) is 21.9 Å². The van der Waals surface area contributed by atoms with E-state index < -0.39 is 10.0 Å². The summed E-state index contributed by atoms with van der Waals surface area (Å²) in [5.41, 5.74) is 3.92. The van der Waals surface area contributed by atoms with E-state index in [9.17, 15) is 8.42 Å². The molecule has 0 radical (unpaired) electrons. The smallest absolute Gasteiger partial charge is 0.261 e. The third-order valence-corrected chi connectivity index (χ3v) is 7.28. The van der Waals surface area contributed by atoms with Crippen LogP contribution in [-0.4, -0.2) is 25.2 Å². The molecule has 0 aliphatic rings. The number of nitrogens with one attached hydrogen (secondary N) is 1. The van der Waals surface area contributed by atoms with Crippen molar-refractivity contribution in [3.8, 4) is 17.1 Å². The van der Waals surface area contributed by atoms with E-state index in [2.05, 4.69) is 35.7 Å². The van der Waals surface area contributed by atoms with Crippen molar-refractivity contribution in [2.75, 3.05) is 11.3 Å². The van der Waals surface area contributed by atoms with Crippen molar-refractivity contribution >= 4 is 27.3 Å². The molecule has 1 N–H and O–H groups in total. The van der Waals surface area contributed by atoms with Crippen LogP contribution >= 0.6 is 11.6 Å². The summed E-state index contributed by atoms with van der Waals surface area (Å²) in [5, 5.41) is 9.09. The molecule has 0 spiro atoms. The topological polar surface area (TPSA) is 81.2 Å². The molecule has 0 aliphatic carbocycles. The average molecular weight is 522 g/mol. The lowest BCUT2D eigenvalue weighted by Crippen LogP contribution is -2.15. The van der Waals surface area contributed by atoms with E-state index >= 15 is 0 Å². The van der Waals surface area contributed by atoms with Crippen LogP contribution in [0.2, 0.25) is 5.02 Å². The van der Waals surface area contributed by atoms with E-state index in [-0.39, 0.29) is 10.3 Å². The van der Waals surface area contributed by atoms with Gasteiger partial charge in [0.2, 0.25) is 5.88 Å². The van der Waals surface area contributed by atoms with Gasteiger partial charge >= 0.3 is 0 Å². The molecule has 4 rings (SSSR count). The summed E-state index contributed by atoms with van der Waals surface area (Å²) in [6, 6.07) is 25.2. The number of benzene rings is 3. The van der Waals surface area contributed by atoms with E-state index in [0.717, 1.165) is 23.1 Å². The van der Waals surface area contributed by atoms with E-state index in [1.165, 1.54) is 0 Å². The minimum absolute atomic E-state index is 0.0532. The van der Waals surface area contributed by atoms with Gasteiger partial charge in [-0.1, -0.05) is 68.8 Å². The van der Waals surface area contributed by atoms with Gasteiger partial charge < -0.3 is 4.74 Å². The van der Waals surface area contributed by atoms with Gasteiger partial charge in [-0.15, -0.1) is 10.2 Å². The second-order valence-corrected chi connectivity index (χ2v) is 11.6. The van der Waals surface area contributed by atoms with Crippen LogP contribution in [0.4, 0.5) is 5.69 Å². The Morgan fingerprint density at radius 2 is 1.61 bits per heavy atom. The number of rotatable bonds is 8. The molecule has 0 atom stereocenters. The summed E-state index contributed by atoms with van der Waals surface area (Å²) in [4.78, 5) is 0.209. The van der Waals surface area contributed by atoms with Crippen LogP contribution in [0.3, 0.4) is 0 Å². The highest BCUT2D eigenvalue weighted by Gasteiger charge is 2.18. The first-order chi connectivity index (χ1) is 17.1. The van der Waals surface area contributed by atoms with Crippen LogP contribution in [0, 0.1) is 0 Å². The van der Waals surface area contributed by atoms with Crippen LogP contribution in [0.5, 0.6) is 5.88 Å². The van der Waals surface area contributed by atoms with Gasteiger partial charge in [0, 0.05) is 28.8 Å². The van der Waals surface area contributed by atoms with Crippen LogP contribution < -0.4 is 9.46 Å². The van der Waals surface area contributed by atoms with E-state index in [1.807, 2.05) is 42.5 Å². The molecule has 1 aromatic heterocycles. The Balaban J connectivity index is 1.40. The van der Waals surface area contributed by atoms with Gasteiger partial charge in [0.15, 0.2) is 0 Å². The predicted molar refractivity (Wildman–Crippen MR) is 144 cm³/mol. The van der Waals surface area contributed by atoms with Crippen molar-refractivity contribution in [2.24, 2.45) is 0 Å². The summed E-state index contributed by atoms with van der Waals surface area (Å²) in [7, 11) is -3.73. The van der Waals surface area contributed by atoms with Gasteiger partial charge in [-0.05, 0) is 59.0 Å². The number of halogens is 1. The zero-order valence-electron chi connectivity index (χ0n) is 20.4.